The van der Waals surface area contributed by atoms with Crippen molar-refractivity contribution in [2.24, 2.45) is 10.9 Å². The third kappa shape index (κ3) is 14.4. The molecule has 0 saturated heterocycles. The summed E-state index contributed by atoms with van der Waals surface area (Å²) in [5.41, 5.74) is 0. The number of carbonyl (C=O) groups is 1. The Hall–Kier alpha value is -0.570. The lowest BCUT2D eigenvalue weighted by Gasteiger charge is -2.13. The largest absolute Gasteiger partial charge is 0.380 e. The predicted octanol–water partition coefficient (Wildman–Crippen LogP) is 1.70. The van der Waals surface area contributed by atoms with Gasteiger partial charge in [0.2, 0.25) is 5.91 Å². The van der Waals surface area contributed by atoms with Gasteiger partial charge in [0.05, 0.1) is 6.61 Å². The number of carbonyl (C=O) groups excluding carboxylic acids is 1. The molecule has 0 rings (SSSR count). The monoisotopic (exact) mass is 428 g/mol. The van der Waals surface area contributed by atoms with Crippen LogP contribution in [0.25, 0.3) is 0 Å². The lowest BCUT2D eigenvalue weighted by atomic mass is 10.1. The maximum absolute atomic E-state index is 11.5. The van der Waals surface area contributed by atoms with Crippen LogP contribution in [0.1, 0.15) is 33.6 Å². The molecule has 0 aromatic carbocycles. The molecule has 0 heterocycles. The standard InChI is InChI=1S/C15H32N4O2.HI/c1-6-8-16-15(18-12-14(20)19(4)5)17-9-11-21-10-7-13(2)3;/h13H,6-12H2,1-5H3,(H2,16,17,18);1H. The zero-order chi connectivity index (χ0) is 16.1. The van der Waals surface area contributed by atoms with Crippen LogP contribution in [0.4, 0.5) is 0 Å². The Morgan fingerprint density at radius 2 is 1.82 bits per heavy atom. The van der Waals surface area contributed by atoms with Crippen LogP contribution in [0, 0.1) is 5.92 Å². The average molecular weight is 428 g/mol. The summed E-state index contributed by atoms with van der Waals surface area (Å²) in [5.74, 6) is 1.32. The highest BCUT2D eigenvalue weighted by Gasteiger charge is 2.04. The van der Waals surface area contributed by atoms with Crippen molar-refractivity contribution in [1.29, 1.82) is 0 Å². The van der Waals surface area contributed by atoms with E-state index in [1.54, 1.807) is 14.1 Å². The smallest absolute Gasteiger partial charge is 0.243 e. The van der Waals surface area contributed by atoms with E-state index < -0.39 is 0 Å². The molecule has 132 valence electrons. The fourth-order valence-electron chi connectivity index (χ4n) is 1.37. The maximum atomic E-state index is 11.5. The van der Waals surface area contributed by atoms with Crippen molar-refractivity contribution < 1.29 is 9.53 Å². The lowest BCUT2D eigenvalue weighted by Crippen LogP contribution is -2.40. The average Bonchev–Trinajstić information content (AvgIpc) is 2.43. The molecular formula is C15H33IN4O2. The molecule has 0 radical (unpaired) electrons. The van der Waals surface area contributed by atoms with Crippen LogP contribution in [0.3, 0.4) is 0 Å². The zero-order valence-electron chi connectivity index (χ0n) is 14.6. The summed E-state index contributed by atoms with van der Waals surface area (Å²) >= 11 is 0. The van der Waals surface area contributed by atoms with Crippen LogP contribution in [-0.2, 0) is 9.53 Å². The highest BCUT2D eigenvalue weighted by atomic mass is 127. The summed E-state index contributed by atoms with van der Waals surface area (Å²) < 4.78 is 5.54. The first kappa shape index (κ1) is 23.7. The number of guanidine groups is 1. The molecule has 7 heteroatoms. The van der Waals surface area contributed by atoms with Crippen molar-refractivity contribution in [1.82, 2.24) is 15.5 Å². The SMILES string of the molecule is CCCNC(=NCC(=O)N(C)C)NCCOCCC(C)C.I. The third-order valence-corrected chi connectivity index (χ3v) is 2.79. The van der Waals surface area contributed by atoms with Crippen LogP contribution < -0.4 is 10.6 Å². The number of rotatable bonds is 10. The molecule has 0 bridgehead atoms. The number of aliphatic imine (C=N–C) groups is 1. The molecule has 0 aromatic heterocycles. The van der Waals surface area contributed by atoms with E-state index in [1.165, 1.54) is 4.90 Å². The number of likely N-dealkylation sites (N-methyl/N-ethyl adjacent to an activating group) is 1. The number of hydrogen-bond acceptors (Lipinski definition) is 3. The molecule has 0 aliphatic rings. The zero-order valence-corrected chi connectivity index (χ0v) is 17.0. The van der Waals surface area contributed by atoms with Gasteiger partial charge in [-0.05, 0) is 18.8 Å². The predicted molar refractivity (Wildman–Crippen MR) is 103 cm³/mol. The molecule has 0 aromatic rings. The molecule has 22 heavy (non-hydrogen) atoms. The molecule has 0 unspecified atom stereocenters. The van der Waals surface area contributed by atoms with Gasteiger partial charge >= 0.3 is 0 Å². The van der Waals surface area contributed by atoms with E-state index in [-0.39, 0.29) is 36.4 Å². The molecule has 0 aliphatic heterocycles. The van der Waals surface area contributed by atoms with Crippen LogP contribution >= 0.6 is 24.0 Å². The number of nitrogens with one attached hydrogen (secondary N) is 2. The second-order valence-electron chi connectivity index (χ2n) is 5.60. The Morgan fingerprint density at radius 3 is 2.36 bits per heavy atom. The van der Waals surface area contributed by atoms with E-state index in [1.807, 2.05) is 0 Å². The Kier molecular flexibility index (Phi) is 16.5. The van der Waals surface area contributed by atoms with E-state index in [2.05, 4.69) is 36.4 Å². The van der Waals surface area contributed by atoms with Crippen molar-refractivity contribution in [3.05, 3.63) is 0 Å². The van der Waals surface area contributed by atoms with Gasteiger partial charge in [0.1, 0.15) is 6.54 Å². The summed E-state index contributed by atoms with van der Waals surface area (Å²) in [6.07, 6.45) is 2.08. The second-order valence-corrected chi connectivity index (χ2v) is 5.60. The minimum atomic E-state index is -0.0132. The number of ether oxygens (including phenoxy) is 1. The van der Waals surface area contributed by atoms with Crippen molar-refractivity contribution >= 4 is 35.8 Å². The van der Waals surface area contributed by atoms with Crippen molar-refractivity contribution in [2.45, 2.75) is 33.6 Å². The fraction of sp³-hybridized carbons (Fsp3) is 0.867. The normalized spacial score (nSPS) is 11.1. The van der Waals surface area contributed by atoms with E-state index >= 15 is 0 Å². The van der Waals surface area contributed by atoms with Gasteiger partial charge in [-0.3, -0.25) is 4.79 Å². The molecule has 0 fully saturated rings. The fourth-order valence-corrected chi connectivity index (χ4v) is 1.37. The highest BCUT2D eigenvalue weighted by molar-refractivity contribution is 14.0. The first-order valence-electron chi connectivity index (χ1n) is 7.77. The minimum Gasteiger partial charge on any atom is -0.380 e. The van der Waals surface area contributed by atoms with Crippen molar-refractivity contribution in [2.75, 3.05) is 46.9 Å². The molecule has 0 spiro atoms. The van der Waals surface area contributed by atoms with Gasteiger partial charge in [0.15, 0.2) is 5.96 Å². The molecule has 2 N–H and O–H groups in total. The molecule has 0 aliphatic carbocycles. The number of nitrogens with zero attached hydrogens (tertiary/aromatic N) is 2. The molecule has 1 amide bonds. The van der Waals surface area contributed by atoms with Gasteiger partial charge < -0.3 is 20.3 Å². The van der Waals surface area contributed by atoms with E-state index in [0.29, 0.717) is 25.0 Å². The van der Waals surface area contributed by atoms with Crippen molar-refractivity contribution in [3.8, 4) is 0 Å². The van der Waals surface area contributed by atoms with E-state index in [0.717, 1.165) is 26.0 Å². The van der Waals surface area contributed by atoms with Gasteiger partial charge in [0, 0.05) is 33.8 Å². The Morgan fingerprint density at radius 1 is 1.18 bits per heavy atom. The van der Waals surface area contributed by atoms with Crippen LogP contribution in [0.5, 0.6) is 0 Å². The number of hydrogen-bond donors (Lipinski definition) is 2. The van der Waals surface area contributed by atoms with Gasteiger partial charge in [-0.15, -0.1) is 24.0 Å². The second kappa shape index (κ2) is 15.3. The summed E-state index contributed by atoms with van der Waals surface area (Å²) in [7, 11) is 3.46. The quantitative estimate of drug-likeness (QED) is 0.241. The summed E-state index contributed by atoms with van der Waals surface area (Å²) in [6, 6.07) is 0. The maximum Gasteiger partial charge on any atom is 0.243 e. The first-order chi connectivity index (χ1) is 9.97. The topological polar surface area (TPSA) is 66.0 Å². The number of halogens is 1. The summed E-state index contributed by atoms with van der Waals surface area (Å²) in [6.45, 7) is 9.55. The Labute approximate surface area is 152 Å². The summed E-state index contributed by atoms with van der Waals surface area (Å²) in [4.78, 5) is 17.4. The third-order valence-electron chi connectivity index (χ3n) is 2.79. The van der Waals surface area contributed by atoms with Gasteiger partial charge in [-0.2, -0.15) is 0 Å². The van der Waals surface area contributed by atoms with E-state index in [4.69, 9.17) is 4.74 Å². The summed E-state index contributed by atoms with van der Waals surface area (Å²) in [5, 5.41) is 6.37. The minimum absolute atomic E-state index is 0. The number of amides is 1. The van der Waals surface area contributed by atoms with Crippen molar-refractivity contribution in [3.63, 3.8) is 0 Å². The van der Waals surface area contributed by atoms with Gasteiger partial charge in [-0.25, -0.2) is 4.99 Å². The van der Waals surface area contributed by atoms with Gasteiger partial charge in [-0.1, -0.05) is 20.8 Å². The molecule has 0 saturated carbocycles. The Balaban J connectivity index is 0. The van der Waals surface area contributed by atoms with Crippen LogP contribution in [0.15, 0.2) is 4.99 Å². The molecule has 6 nitrogen and oxygen atoms in total. The van der Waals surface area contributed by atoms with Crippen LogP contribution in [0.2, 0.25) is 0 Å². The molecule has 0 atom stereocenters. The highest BCUT2D eigenvalue weighted by Crippen LogP contribution is 1.98. The lowest BCUT2D eigenvalue weighted by molar-refractivity contribution is -0.127. The van der Waals surface area contributed by atoms with Gasteiger partial charge in [0.25, 0.3) is 0 Å². The van der Waals surface area contributed by atoms with E-state index in [9.17, 15) is 4.79 Å². The Bertz CT molecular complexity index is 310. The molecular weight excluding hydrogens is 395 g/mol. The first-order valence-corrected chi connectivity index (χ1v) is 7.77. The van der Waals surface area contributed by atoms with Crippen LogP contribution in [-0.4, -0.2) is 63.7 Å².